The number of nitrogens with one attached hydrogen (secondary N) is 2. The highest BCUT2D eigenvalue weighted by Gasteiger charge is 2.61. The zero-order valence-electron chi connectivity index (χ0n) is 31.3. The zero-order valence-corrected chi connectivity index (χ0v) is 32.1. The largest absolute Gasteiger partial charge is 0.497 e. The molecular weight excluding hydrogens is 667 g/mol. The molecule has 0 spiro atoms. The van der Waals surface area contributed by atoms with Crippen molar-refractivity contribution in [3.8, 4) is 16.5 Å². The summed E-state index contributed by atoms with van der Waals surface area (Å²) in [4.78, 5) is 61.5. The predicted molar refractivity (Wildman–Crippen MR) is 205 cm³/mol. The molecule has 2 N–H and O–H groups in total. The molecule has 2 aromatic heterocycles. The van der Waals surface area contributed by atoms with Gasteiger partial charge >= 0.3 is 12.0 Å². The molecule has 2 aliphatic rings. The highest BCUT2D eigenvalue weighted by Crippen LogP contribution is 2.45. The molecule has 1 saturated carbocycles. The maximum atomic E-state index is 12.9. The van der Waals surface area contributed by atoms with E-state index in [-0.39, 0.29) is 29.9 Å². The molecule has 0 bridgehead atoms. The number of fused-ring (bicyclic) bond motifs is 1. The van der Waals surface area contributed by atoms with Gasteiger partial charge in [0.25, 0.3) is 0 Å². The summed E-state index contributed by atoms with van der Waals surface area (Å²) in [7, 11) is 3.37. The molecule has 1 saturated heterocycles. The second-order valence-corrected chi connectivity index (χ2v) is 13.6. The van der Waals surface area contributed by atoms with Crippen LogP contribution in [0.25, 0.3) is 21.6 Å². The first-order chi connectivity index (χ1) is 24.5. The second-order valence-electron chi connectivity index (χ2n) is 12.8. The average Bonchev–Trinajstić information content (AvgIpc) is 3.45. The molecule has 2 fully saturated rings. The third-order valence-electron chi connectivity index (χ3n) is 8.95. The summed E-state index contributed by atoms with van der Waals surface area (Å²) >= 11 is 1.55. The molecule has 1 aliphatic carbocycles. The van der Waals surface area contributed by atoms with Crippen molar-refractivity contribution in [2.45, 2.75) is 90.6 Å². The lowest BCUT2D eigenvalue weighted by Crippen LogP contribution is -2.55. The molecule has 1 aromatic carbocycles. The van der Waals surface area contributed by atoms with Crippen molar-refractivity contribution < 1.29 is 23.9 Å². The number of unbranched alkanes of at least 4 members (excludes halogenated alkanes) is 2. The summed E-state index contributed by atoms with van der Waals surface area (Å²) in [5.74, 6) is 0.250. The summed E-state index contributed by atoms with van der Waals surface area (Å²) in [6.07, 6.45) is 8.21. The van der Waals surface area contributed by atoms with Crippen LogP contribution >= 0.6 is 11.3 Å². The van der Waals surface area contributed by atoms with E-state index in [0.29, 0.717) is 37.2 Å². The average molecular weight is 722 g/mol. The highest BCUT2D eigenvalue weighted by molar-refractivity contribution is 7.13. The van der Waals surface area contributed by atoms with Crippen molar-refractivity contribution in [3.05, 3.63) is 70.9 Å². The number of thiazole rings is 1. The first-order valence-corrected chi connectivity index (χ1v) is 18.8. The van der Waals surface area contributed by atoms with Gasteiger partial charge in [-0.25, -0.2) is 14.6 Å². The Kier molecular flexibility index (Phi) is 15.5. The van der Waals surface area contributed by atoms with Gasteiger partial charge in [-0.2, -0.15) is 0 Å². The summed E-state index contributed by atoms with van der Waals surface area (Å²) in [6, 6.07) is 6.31. The number of nitrogens with zero attached hydrogens (tertiary/aromatic N) is 3. The normalized spacial score (nSPS) is 18.9. The van der Waals surface area contributed by atoms with E-state index in [1.807, 2.05) is 31.4 Å². The molecule has 12 heteroatoms. The van der Waals surface area contributed by atoms with E-state index in [1.54, 1.807) is 66.5 Å². The van der Waals surface area contributed by atoms with Gasteiger partial charge in [-0.3, -0.25) is 9.59 Å². The van der Waals surface area contributed by atoms with Crippen LogP contribution in [0.5, 0.6) is 5.75 Å². The van der Waals surface area contributed by atoms with Crippen molar-refractivity contribution in [1.82, 2.24) is 25.1 Å². The van der Waals surface area contributed by atoms with Crippen LogP contribution in [0.15, 0.2) is 59.7 Å². The quantitative estimate of drug-likeness (QED) is 0.108. The van der Waals surface area contributed by atoms with Crippen LogP contribution in [-0.2, 0) is 14.3 Å². The number of amides is 3. The van der Waals surface area contributed by atoms with E-state index in [1.165, 1.54) is 0 Å². The molecule has 278 valence electrons. The number of ether oxygens (including phenoxy) is 2. The van der Waals surface area contributed by atoms with Gasteiger partial charge in [-0.1, -0.05) is 39.8 Å². The molecule has 0 unspecified atom stereocenters. The number of carbonyl (C=O) groups excluding carboxylic acids is 3. The van der Waals surface area contributed by atoms with Gasteiger partial charge in [0.2, 0.25) is 5.91 Å². The molecule has 51 heavy (non-hydrogen) atoms. The number of allylic oxidation sites excluding steroid dienone is 1. The summed E-state index contributed by atoms with van der Waals surface area (Å²) in [5.41, 5.74) is 1.52. The van der Waals surface area contributed by atoms with Crippen LogP contribution in [-0.4, -0.2) is 83.1 Å². The number of hydrogen-bond acceptors (Lipinski definition) is 8. The van der Waals surface area contributed by atoms with E-state index in [0.717, 1.165) is 53.3 Å². The smallest absolute Gasteiger partial charge is 0.332 e. The molecule has 1 aliphatic heterocycles. The summed E-state index contributed by atoms with van der Waals surface area (Å²) in [6.45, 7) is 18.8. The van der Waals surface area contributed by atoms with Crippen molar-refractivity contribution in [1.29, 1.82) is 0 Å². The second kappa shape index (κ2) is 19.2. The van der Waals surface area contributed by atoms with Crippen LogP contribution in [0.1, 0.15) is 84.8 Å². The SMILES string of the molecule is C=CCCCCN(C)C(=O)N1CCC[C@H]1C(=O)N[C@]1(C(=O)OCC)C[C@H]1C=C.CC.COc1ccc2c(=O)cc(-c3nc(C(C)C)cs3)[nH]c2c1. The number of carbonyl (C=O) groups is 3. The number of pyridine rings is 1. The van der Waals surface area contributed by atoms with Gasteiger partial charge in [0, 0.05) is 49.0 Å². The molecular formula is C39H55N5O6S. The fraction of sp³-hybridized carbons (Fsp3) is 0.513. The van der Waals surface area contributed by atoms with E-state index >= 15 is 0 Å². The number of likely N-dealkylation sites (tertiary alicyclic amines) is 1. The Hall–Kier alpha value is -4.45. The molecule has 3 heterocycles. The van der Waals surface area contributed by atoms with E-state index in [9.17, 15) is 19.2 Å². The van der Waals surface area contributed by atoms with Gasteiger partial charge in [0.15, 0.2) is 5.43 Å². The van der Waals surface area contributed by atoms with Crippen LogP contribution in [0, 0.1) is 5.92 Å². The Morgan fingerprint density at radius 3 is 2.57 bits per heavy atom. The van der Waals surface area contributed by atoms with Gasteiger partial charge in [-0.15, -0.1) is 24.5 Å². The maximum Gasteiger partial charge on any atom is 0.332 e. The van der Waals surface area contributed by atoms with Gasteiger partial charge in [-0.05, 0) is 63.5 Å². The number of esters is 1. The van der Waals surface area contributed by atoms with Crippen molar-refractivity contribution in [2.24, 2.45) is 5.92 Å². The minimum Gasteiger partial charge on any atom is -0.497 e. The molecule has 0 radical (unpaired) electrons. The zero-order chi connectivity index (χ0) is 37.7. The molecule has 5 rings (SSSR count). The highest BCUT2D eigenvalue weighted by atomic mass is 32.1. The minimum atomic E-state index is -1.03. The number of hydrogen-bond donors (Lipinski definition) is 2. The first kappa shape index (κ1) is 41.0. The number of H-pyrrole nitrogens is 1. The Balaban J connectivity index is 0.000000271. The number of aromatic amines is 1. The fourth-order valence-electron chi connectivity index (χ4n) is 5.93. The number of benzene rings is 1. The molecule has 3 amide bonds. The Bertz CT molecular complexity index is 1720. The van der Waals surface area contributed by atoms with Crippen molar-refractivity contribution in [2.75, 3.05) is 33.9 Å². The lowest BCUT2D eigenvalue weighted by atomic mass is 10.1. The van der Waals surface area contributed by atoms with Crippen LogP contribution in [0.2, 0.25) is 0 Å². The monoisotopic (exact) mass is 721 g/mol. The number of urea groups is 1. The number of aromatic nitrogens is 2. The van der Waals surface area contributed by atoms with E-state index in [4.69, 9.17) is 9.47 Å². The standard InChI is InChI=1S/C21H33N3O4.C16H16N2O2S.C2H6/c1-5-8-9-10-13-23(4)20(27)24-14-11-12-17(24)18(25)22-21(15-16(21)6-2)19(26)28-7-3;1-9(2)14-8-21-16(18-14)13-7-15(19)11-5-4-10(20-3)6-12(11)17-13;1-2/h5-6,16-17H,1-2,7-15H2,3-4H3,(H,22,25);4-9H,1-3H3,(H,17,19);1-2H3/t16-,17+,21-;;/m1../s1. The fourth-order valence-corrected chi connectivity index (χ4v) is 6.89. The Labute approximate surface area is 306 Å². The van der Waals surface area contributed by atoms with Crippen LogP contribution < -0.4 is 15.5 Å². The van der Waals surface area contributed by atoms with Gasteiger partial charge in [0.05, 0.1) is 30.6 Å². The lowest BCUT2D eigenvalue weighted by molar-refractivity contribution is -0.149. The Morgan fingerprint density at radius 1 is 1.22 bits per heavy atom. The third-order valence-corrected chi connectivity index (χ3v) is 9.84. The van der Waals surface area contributed by atoms with Crippen LogP contribution in [0.4, 0.5) is 4.79 Å². The number of rotatable bonds is 13. The first-order valence-electron chi connectivity index (χ1n) is 17.9. The summed E-state index contributed by atoms with van der Waals surface area (Å²) < 4.78 is 10.4. The Morgan fingerprint density at radius 2 is 1.96 bits per heavy atom. The lowest BCUT2D eigenvalue weighted by Gasteiger charge is -2.30. The van der Waals surface area contributed by atoms with Gasteiger partial charge < -0.3 is 29.6 Å². The topological polar surface area (TPSA) is 134 Å². The van der Waals surface area contributed by atoms with Gasteiger partial charge in [0.1, 0.15) is 22.3 Å². The number of methoxy groups -OCH3 is 1. The van der Waals surface area contributed by atoms with Crippen molar-refractivity contribution >= 4 is 40.1 Å². The minimum absolute atomic E-state index is 0.0114. The molecule has 3 atom stereocenters. The molecule has 3 aromatic rings. The molecule has 11 nitrogen and oxygen atoms in total. The van der Waals surface area contributed by atoms with E-state index in [2.05, 4.69) is 42.3 Å². The van der Waals surface area contributed by atoms with Crippen LogP contribution in [0.3, 0.4) is 0 Å². The third kappa shape index (κ3) is 10.1. The van der Waals surface area contributed by atoms with Crippen molar-refractivity contribution in [3.63, 3.8) is 0 Å². The summed E-state index contributed by atoms with van der Waals surface area (Å²) in [5, 5.41) is 6.39. The van der Waals surface area contributed by atoms with E-state index < -0.39 is 17.6 Å². The predicted octanol–water partition coefficient (Wildman–Crippen LogP) is 7.29. The maximum absolute atomic E-state index is 12.9.